The monoisotopic (exact) mass is 294 g/mol. The van der Waals surface area contributed by atoms with Crippen LogP contribution in [0.15, 0.2) is 15.6 Å². The lowest BCUT2D eigenvalue weighted by Gasteiger charge is -2.18. The predicted octanol–water partition coefficient (Wildman–Crippen LogP) is 3.29. The highest BCUT2D eigenvalue weighted by molar-refractivity contribution is 5.79. The molecule has 1 atom stereocenters. The molecule has 0 aliphatic heterocycles. The Morgan fingerprint density at radius 3 is 2.48 bits per heavy atom. The highest BCUT2D eigenvalue weighted by Crippen LogP contribution is 2.13. The second-order valence-electron chi connectivity index (χ2n) is 6.32. The summed E-state index contributed by atoms with van der Waals surface area (Å²) >= 11 is 0. The SMILES string of the molecule is CN=C(NCc1cc(C(C)C)no1)NC(C)CCC(C)C. The molecule has 21 heavy (non-hydrogen) atoms. The Labute approximate surface area is 128 Å². The van der Waals surface area contributed by atoms with E-state index in [4.69, 9.17) is 4.52 Å². The average Bonchev–Trinajstić information content (AvgIpc) is 2.90. The first-order valence-electron chi connectivity index (χ1n) is 7.85. The van der Waals surface area contributed by atoms with Crippen LogP contribution < -0.4 is 10.6 Å². The van der Waals surface area contributed by atoms with E-state index in [0.717, 1.165) is 29.8 Å². The van der Waals surface area contributed by atoms with Crippen LogP contribution in [0.3, 0.4) is 0 Å². The van der Waals surface area contributed by atoms with E-state index >= 15 is 0 Å². The molecule has 0 aliphatic rings. The van der Waals surface area contributed by atoms with Crippen molar-refractivity contribution in [3.8, 4) is 0 Å². The molecule has 2 N–H and O–H groups in total. The fraction of sp³-hybridized carbons (Fsp3) is 0.750. The number of nitrogens with zero attached hydrogens (tertiary/aromatic N) is 2. The van der Waals surface area contributed by atoms with Crippen molar-refractivity contribution < 1.29 is 4.52 Å². The molecule has 1 heterocycles. The molecule has 0 fully saturated rings. The van der Waals surface area contributed by atoms with Crippen molar-refractivity contribution in [3.63, 3.8) is 0 Å². The first-order valence-corrected chi connectivity index (χ1v) is 7.85. The molecule has 1 unspecified atom stereocenters. The highest BCUT2D eigenvalue weighted by Gasteiger charge is 2.09. The Morgan fingerprint density at radius 1 is 1.24 bits per heavy atom. The van der Waals surface area contributed by atoms with E-state index in [-0.39, 0.29) is 0 Å². The van der Waals surface area contributed by atoms with Gasteiger partial charge in [-0.1, -0.05) is 32.9 Å². The third-order valence-electron chi connectivity index (χ3n) is 3.38. The van der Waals surface area contributed by atoms with E-state index in [1.807, 2.05) is 6.07 Å². The summed E-state index contributed by atoms with van der Waals surface area (Å²) in [6, 6.07) is 2.40. The van der Waals surface area contributed by atoms with Gasteiger partial charge < -0.3 is 15.2 Å². The third kappa shape index (κ3) is 6.65. The molecule has 120 valence electrons. The molecule has 0 aromatic carbocycles. The van der Waals surface area contributed by atoms with Gasteiger partial charge in [0.2, 0.25) is 0 Å². The van der Waals surface area contributed by atoms with E-state index < -0.39 is 0 Å². The second kappa shape index (κ2) is 8.70. The topological polar surface area (TPSA) is 62.5 Å². The highest BCUT2D eigenvalue weighted by atomic mass is 16.5. The van der Waals surface area contributed by atoms with Gasteiger partial charge in [-0.25, -0.2) is 0 Å². The summed E-state index contributed by atoms with van der Waals surface area (Å²) < 4.78 is 5.31. The molecule has 0 aliphatic carbocycles. The smallest absolute Gasteiger partial charge is 0.191 e. The molecule has 1 rings (SSSR count). The maximum atomic E-state index is 5.31. The Kier molecular flexibility index (Phi) is 7.26. The van der Waals surface area contributed by atoms with Gasteiger partial charge in [0.15, 0.2) is 11.7 Å². The van der Waals surface area contributed by atoms with Crippen molar-refractivity contribution in [1.82, 2.24) is 15.8 Å². The maximum Gasteiger partial charge on any atom is 0.191 e. The number of rotatable bonds is 7. The van der Waals surface area contributed by atoms with Crippen LogP contribution in [0, 0.1) is 5.92 Å². The van der Waals surface area contributed by atoms with Gasteiger partial charge in [0.05, 0.1) is 12.2 Å². The molecule has 0 spiro atoms. The van der Waals surface area contributed by atoms with Gasteiger partial charge in [-0.3, -0.25) is 4.99 Å². The number of guanidine groups is 1. The summed E-state index contributed by atoms with van der Waals surface area (Å²) in [5.41, 5.74) is 0.986. The van der Waals surface area contributed by atoms with Gasteiger partial charge >= 0.3 is 0 Å². The Morgan fingerprint density at radius 2 is 1.95 bits per heavy atom. The van der Waals surface area contributed by atoms with Crippen molar-refractivity contribution in [2.24, 2.45) is 10.9 Å². The number of hydrogen-bond donors (Lipinski definition) is 2. The first-order chi connectivity index (χ1) is 9.92. The lowest BCUT2D eigenvalue weighted by Crippen LogP contribution is -2.41. The van der Waals surface area contributed by atoms with Crippen LogP contribution >= 0.6 is 0 Å². The van der Waals surface area contributed by atoms with Gasteiger partial charge in [0.25, 0.3) is 0 Å². The third-order valence-corrected chi connectivity index (χ3v) is 3.38. The van der Waals surface area contributed by atoms with Gasteiger partial charge in [-0.15, -0.1) is 0 Å². The molecule has 0 bridgehead atoms. The Balaban J connectivity index is 2.40. The predicted molar refractivity (Wildman–Crippen MR) is 87.5 cm³/mol. The molecule has 0 radical (unpaired) electrons. The number of aliphatic imine (C=N–C) groups is 1. The van der Waals surface area contributed by atoms with Crippen molar-refractivity contribution in [3.05, 3.63) is 17.5 Å². The fourth-order valence-corrected chi connectivity index (χ4v) is 1.94. The van der Waals surface area contributed by atoms with Crippen LogP contribution in [0.4, 0.5) is 0 Å². The summed E-state index contributed by atoms with van der Waals surface area (Å²) in [6.07, 6.45) is 2.35. The fourth-order valence-electron chi connectivity index (χ4n) is 1.94. The first kappa shape index (κ1) is 17.5. The summed E-state index contributed by atoms with van der Waals surface area (Å²) in [7, 11) is 1.78. The van der Waals surface area contributed by atoms with E-state index in [2.05, 4.69) is 55.4 Å². The maximum absolute atomic E-state index is 5.31. The molecule has 1 aromatic rings. The standard InChI is InChI=1S/C16H30N4O/c1-11(2)7-8-13(5)19-16(17-6)18-10-14-9-15(12(3)4)20-21-14/h9,11-13H,7-8,10H2,1-6H3,(H2,17,18,19). The number of hydrogen-bond acceptors (Lipinski definition) is 3. The molecule has 0 saturated heterocycles. The van der Waals surface area contributed by atoms with E-state index in [9.17, 15) is 0 Å². The number of nitrogens with one attached hydrogen (secondary N) is 2. The van der Waals surface area contributed by atoms with Crippen molar-refractivity contribution in [1.29, 1.82) is 0 Å². The van der Waals surface area contributed by atoms with Gasteiger partial charge in [0, 0.05) is 19.2 Å². The zero-order valence-electron chi connectivity index (χ0n) is 14.2. The van der Waals surface area contributed by atoms with Crippen LogP contribution in [0.1, 0.15) is 64.8 Å². The van der Waals surface area contributed by atoms with Crippen molar-refractivity contribution >= 4 is 5.96 Å². The minimum Gasteiger partial charge on any atom is -0.359 e. The van der Waals surface area contributed by atoms with Crippen LogP contribution in [0.2, 0.25) is 0 Å². The Hall–Kier alpha value is -1.52. The summed E-state index contributed by atoms with van der Waals surface area (Å²) in [4.78, 5) is 4.24. The van der Waals surface area contributed by atoms with E-state index in [0.29, 0.717) is 18.5 Å². The lowest BCUT2D eigenvalue weighted by molar-refractivity contribution is 0.371. The van der Waals surface area contributed by atoms with Crippen LogP contribution in [-0.2, 0) is 6.54 Å². The molecular formula is C16H30N4O. The largest absolute Gasteiger partial charge is 0.359 e. The van der Waals surface area contributed by atoms with E-state index in [1.165, 1.54) is 6.42 Å². The van der Waals surface area contributed by atoms with Gasteiger partial charge in [-0.05, 0) is 31.6 Å². The molecule has 0 amide bonds. The van der Waals surface area contributed by atoms with Crippen LogP contribution in [0.5, 0.6) is 0 Å². The number of aromatic nitrogens is 1. The molecule has 5 nitrogen and oxygen atoms in total. The van der Waals surface area contributed by atoms with Crippen molar-refractivity contribution in [2.45, 2.75) is 66.0 Å². The minimum atomic E-state index is 0.385. The summed E-state index contributed by atoms with van der Waals surface area (Å²) in [6.45, 7) is 11.5. The average molecular weight is 294 g/mol. The van der Waals surface area contributed by atoms with Gasteiger partial charge in [-0.2, -0.15) is 0 Å². The quantitative estimate of drug-likeness (QED) is 0.598. The zero-order valence-corrected chi connectivity index (χ0v) is 14.2. The molecular weight excluding hydrogens is 264 g/mol. The minimum absolute atomic E-state index is 0.385. The van der Waals surface area contributed by atoms with Crippen molar-refractivity contribution in [2.75, 3.05) is 7.05 Å². The van der Waals surface area contributed by atoms with Gasteiger partial charge in [0.1, 0.15) is 0 Å². The second-order valence-corrected chi connectivity index (χ2v) is 6.32. The zero-order chi connectivity index (χ0) is 15.8. The summed E-state index contributed by atoms with van der Waals surface area (Å²) in [5, 5.41) is 10.7. The molecule has 1 aromatic heterocycles. The normalized spacial score (nSPS) is 13.8. The van der Waals surface area contributed by atoms with Crippen LogP contribution in [0.25, 0.3) is 0 Å². The molecule has 0 saturated carbocycles. The summed E-state index contributed by atoms with van der Waals surface area (Å²) in [5.74, 6) is 2.74. The van der Waals surface area contributed by atoms with E-state index in [1.54, 1.807) is 7.05 Å². The molecule has 5 heteroatoms. The van der Waals surface area contributed by atoms with Crippen LogP contribution in [-0.4, -0.2) is 24.2 Å². The lowest BCUT2D eigenvalue weighted by atomic mass is 10.0. The Bertz CT molecular complexity index is 437.